The molecular formula is C13H23NO2. The molecule has 0 N–H and O–H groups in total. The number of nitrogens with zero attached hydrogens (tertiary/aromatic N) is 1. The summed E-state index contributed by atoms with van der Waals surface area (Å²) >= 11 is 0. The highest BCUT2D eigenvalue weighted by Gasteiger charge is 2.37. The van der Waals surface area contributed by atoms with Gasteiger partial charge in [0.15, 0.2) is 5.78 Å². The summed E-state index contributed by atoms with van der Waals surface area (Å²) in [4.78, 5) is 25.5. The summed E-state index contributed by atoms with van der Waals surface area (Å²) in [6, 6.07) is -0.169. The van der Waals surface area contributed by atoms with E-state index < -0.39 is 0 Å². The number of Topliss-reactive ketones (excluding diaryl/α,β-unsaturated/α-hetero) is 1. The Morgan fingerprint density at radius 1 is 1.31 bits per heavy atom. The lowest BCUT2D eigenvalue weighted by molar-refractivity contribution is -0.142. The first kappa shape index (κ1) is 13.2. The van der Waals surface area contributed by atoms with Crippen molar-refractivity contribution in [1.29, 1.82) is 0 Å². The van der Waals surface area contributed by atoms with Gasteiger partial charge in [0.2, 0.25) is 5.91 Å². The summed E-state index contributed by atoms with van der Waals surface area (Å²) in [5.74, 6) is 0.213. The van der Waals surface area contributed by atoms with Crippen molar-refractivity contribution in [2.45, 2.75) is 53.5 Å². The van der Waals surface area contributed by atoms with Gasteiger partial charge in [-0.2, -0.15) is 0 Å². The summed E-state index contributed by atoms with van der Waals surface area (Å²) in [6.07, 6.45) is 1.78. The zero-order valence-corrected chi connectivity index (χ0v) is 11.0. The van der Waals surface area contributed by atoms with Gasteiger partial charge in [-0.1, -0.05) is 27.7 Å². The number of hydrogen-bond acceptors (Lipinski definition) is 2. The van der Waals surface area contributed by atoms with Crippen LogP contribution in [0.1, 0.15) is 47.5 Å². The summed E-state index contributed by atoms with van der Waals surface area (Å²) in [6.45, 7) is 10.5. The maximum absolute atomic E-state index is 12.3. The van der Waals surface area contributed by atoms with Crippen LogP contribution in [0.2, 0.25) is 0 Å². The minimum atomic E-state index is -0.169. The second-order valence-corrected chi connectivity index (χ2v) is 5.89. The van der Waals surface area contributed by atoms with Crippen LogP contribution in [0.4, 0.5) is 0 Å². The first-order valence-corrected chi connectivity index (χ1v) is 6.06. The lowest BCUT2D eigenvalue weighted by atomic mass is 9.81. The van der Waals surface area contributed by atoms with Crippen LogP contribution in [0, 0.1) is 11.3 Å². The third kappa shape index (κ3) is 2.63. The quantitative estimate of drug-likeness (QED) is 0.723. The topological polar surface area (TPSA) is 37.4 Å². The summed E-state index contributed by atoms with van der Waals surface area (Å²) in [5, 5.41) is 0. The molecular weight excluding hydrogens is 202 g/mol. The van der Waals surface area contributed by atoms with E-state index in [2.05, 4.69) is 20.8 Å². The summed E-state index contributed by atoms with van der Waals surface area (Å²) in [7, 11) is 0. The first-order valence-electron chi connectivity index (χ1n) is 6.06. The van der Waals surface area contributed by atoms with Crippen LogP contribution >= 0.6 is 0 Å². The minimum Gasteiger partial charge on any atom is -0.332 e. The lowest BCUT2D eigenvalue weighted by Gasteiger charge is -2.32. The fourth-order valence-corrected chi connectivity index (χ4v) is 2.07. The van der Waals surface area contributed by atoms with Crippen LogP contribution in [-0.4, -0.2) is 29.2 Å². The Bertz CT molecular complexity index is 291. The highest BCUT2D eigenvalue weighted by molar-refractivity contribution is 5.89. The fourth-order valence-electron chi connectivity index (χ4n) is 2.07. The van der Waals surface area contributed by atoms with Crippen molar-refractivity contribution < 1.29 is 9.59 Å². The van der Waals surface area contributed by atoms with Crippen molar-refractivity contribution in [3.63, 3.8) is 0 Å². The SMILES string of the molecule is CC(=O)C1CCCN1C(=O)C(C)C(C)(C)C. The minimum absolute atomic E-state index is 0.0348. The van der Waals surface area contributed by atoms with Crippen LogP contribution in [0.15, 0.2) is 0 Å². The largest absolute Gasteiger partial charge is 0.332 e. The van der Waals surface area contributed by atoms with Gasteiger partial charge in [0.05, 0.1) is 6.04 Å². The Labute approximate surface area is 98.2 Å². The number of hydrogen-bond donors (Lipinski definition) is 0. The summed E-state index contributed by atoms with van der Waals surface area (Å²) in [5.41, 5.74) is -0.0407. The molecule has 0 bridgehead atoms. The van der Waals surface area contributed by atoms with Crippen molar-refractivity contribution in [2.75, 3.05) is 6.54 Å². The Morgan fingerprint density at radius 3 is 2.31 bits per heavy atom. The maximum atomic E-state index is 12.3. The molecule has 1 rings (SSSR count). The van der Waals surface area contributed by atoms with Gasteiger partial charge in [-0.15, -0.1) is 0 Å². The van der Waals surface area contributed by atoms with Crippen molar-refractivity contribution in [3.8, 4) is 0 Å². The second kappa shape index (κ2) is 4.56. The molecule has 0 spiro atoms. The van der Waals surface area contributed by atoms with Crippen molar-refractivity contribution in [1.82, 2.24) is 4.90 Å². The Morgan fingerprint density at radius 2 is 1.88 bits per heavy atom. The average molecular weight is 225 g/mol. The molecule has 16 heavy (non-hydrogen) atoms. The highest BCUT2D eigenvalue weighted by atomic mass is 16.2. The summed E-state index contributed by atoms with van der Waals surface area (Å²) < 4.78 is 0. The van der Waals surface area contributed by atoms with Gasteiger partial charge in [0.1, 0.15) is 0 Å². The van der Waals surface area contributed by atoms with Crippen LogP contribution in [0.3, 0.4) is 0 Å². The molecule has 92 valence electrons. The van der Waals surface area contributed by atoms with E-state index in [9.17, 15) is 9.59 Å². The molecule has 0 aromatic rings. The van der Waals surface area contributed by atoms with E-state index in [0.717, 1.165) is 19.4 Å². The van der Waals surface area contributed by atoms with Crippen LogP contribution in [0.5, 0.6) is 0 Å². The molecule has 0 aromatic carbocycles. The van der Waals surface area contributed by atoms with E-state index in [1.807, 2.05) is 6.92 Å². The normalized spacial score (nSPS) is 23.3. The van der Waals surface area contributed by atoms with E-state index in [0.29, 0.717) is 0 Å². The smallest absolute Gasteiger partial charge is 0.226 e. The van der Waals surface area contributed by atoms with Gasteiger partial charge in [0, 0.05) is 12.5 Å². The molecule has 1 amide bonds. The van der Waals surface area contributed by atoms with Crippen LogP contribution in [0.25, 0.3) is 0 Å². The molecule has 0 aliphatic carbocycles. The molecule has 0 saturated carbocycles. The molecule has 0 aromatic heterocycles. The molecule has 0 radical (unpaired) electrons. The van der Waals surface area contributed by atoms with Gasteiger partial charge >= 0.3 is 0 Å². The van der Waals surface area contributed by atoms with Gasteiger partial charge in [-0.25, -0.2) is 0 Å². The average Bonchev–Trinajstić information content (AvgIpc) is 2.62. The number of amides is 1. The molecule has 1 aliphatic heterocycles. The molecule has 2 unspecified atom stereocenters. The molecule has 3 nitrogen and oxygen atoms in total. The Balaban J connectivity index is 2.77. The zero-order valence-electron chi connectivity index (χ0n) is 11.0. The number of carbonyl (C=O) groups is 2. The van der Waals surface area contributed by atoms with E-state index in [4.69, 9.17) is 0 Å². The monoisotopic (exact) mass is 225 g/mol. The highest BCUT2D eigenvalue weighted by Crippen LogP contribution is 2.30. The zero-order chi connectivity index (χ0) is 12.5. The van der Waals surface area contributed by atoms with Crippen molar-refractivity contribution in [2.24, 2.45) is 11.3 Å². The Kier molecular flexibility index (Phi) is 3.76. The molecule has 3 heteroatoms. The molecule has 1 saturated heterocycles. The molecule has 2 atom stereocenters. The van der Waals surface area contributed by atoms with Crippen molar-refractivity contribution >= 4 is 11.7 Å². The lowest BCUT2D eigenvalue weighted by Crippen LogP contribution is -2.45. The van der Waals surface area contributed by atoms with Gasteiger partial charge in [-0.3, -0.25) is 9.59 Å². The predicted molar refractivity (Wildman–Crippen MR) is 64.0 cm³/mol. The van der Waals surface area contributed by atoms with Gasteiger partial charge < -0.3 is 4.90 Å². The predicted octanol–water partition coefficient (Wildman–Crippen LogP) is 2.25. The van der Waals surface area contributed by atoms with Crippen LogP contribution < -0.4 is 0 Å². The van der Waals surface area contributed by atoms with Crippen LogP contribution in [-0.2, 0) is 9.59 Å². The van der Waals surface area contributed by atoms with E-state index in [-0.39, 0.29) is 29.1 Å². The number of carbonyl (C=O) groups excluding carboxylic acids is 2. The standard InChI is InChI=1S/C13H23NO2/c1-9(13(3,4)5)12(16)14-8-6-7-11(14)10(2)15/h9,11H,6-8H2,1-5H3. The third-order valence-electron chi connectivity index (χ3n) is 3.67. The number of ketones is 1. The number of rotatable bonds is 2. The number of likely N-dealkylation sites (tertiary alicyclic amines) is 1. The fraction of sp³-hybridized carbons (Fsp3) is 0.846. The van der Waals surface area contributed by atoms with E-state index in [1.54, 1.807) is 11.8 Å². The first-order chi connectivity index (χ1) is 7.25. The molecule has 1 heterocycles. The molecule has 1 fully saturated rings. The van der Waals surface area contributed by atoms with E-state index in [1.165, 1.54) is 0 Å². The Hall–Kier alpha value is -0.860. The van der Waals surface area contributed by atoms with Crippen molar-refractivity contribution in [3.05, 3.63) is 0 Å². The molecule has 1 aliphatic rings. The third-order valence-corrected chi connectivity index (χ3v) is 3.67. The second-order valence-electron chi connectivity index (χ2n) is 5.89. The van der Waals surface area contributed by atoms with Gasteiger partial charge in [-0.05, 0) is 25.2 Å². The maximum Gasteiger partial charge on any atom is 0.226 e. The van der Waals surface area contributed by atoms with Gasteiger partial charge in [0.25, 0.3) is 0 Å². The van der Waals surface area contributed by atoms with E-state index >= 15 is 0 Å².